The summed E-state index contributed by atoms with van der Waals surface area (Å²) >= 11 is 0. The number of aromatic nitrogens is 3. The van der Waals surface area contributed by atoms with Gasteiger partial charge in [0.1, 0.15) is 5.82 Å². The summed E-state index contributed by atoms with van der Waals surface area (Å²) in [7, 11) is 3.31. The molecule has 1 atom stereocenters. The molecular formula is C22H25N5O3. The van der Waals surface area contributed by atoms with Crippen molar-refractivity contribution in [1.29, 1.82) is 0 Å². The second-order valence-electron chi connectivity index (χ2n) is 7.70. The highest BCUT2D eigenvalue weighted by atomic mass is 16.2. The third-order valence-electron chi connectivity index (χ3n) is 5.66. The third-order valence-corrected chi connectivity index (χ3v) is 5.66. The molecule has 8 nitrogen and oxygen atoms in total. The topological polar surface area (TPSA) is 98.0 Å². The molecule has 1 aliphatic rings. The molecule has 0 bridgehead atoms. The number of hydrogen-bond donors (Lipinski definition) is 2. The number of aryl methyl sites for hydroxylation is 3. The maximum Gasteiger partial charge on any atom is 0.329 e. The van der Waals surface area contributed by atoms with E-state index in [0.717, 1.165) is 19.3 Å². The Hall–Kier alpha value is -3.42. The average Bonchev–Trinajstić information content (AvgIpc) is 2.96. The molecule has 3 aromatic rings. The Morgan fingerprint density at radius 1 is 1.07 bits per heavy atom. The van der Waals surface area contributed by atoms with Gasteiger partial charge in [0.2, 0.25) is 11.8 Å². The Bertz CT molecular complexity index is 1180. The van der Waals surface area contributed by atoms with Gasteiger partial charge in [-0.05, 0) is 42.5 Å². The lowest BCUT2D eigenvalue weighted by Gasteiger charge is -2.26. The summed E-state index contributed by atoms with van der Waals surface area (Å²) in [4.78, 5) is 41.0. The summed E-state index contributed by atoms with van der Waals surface area (Å²) in [6.45, 7) is 0. The average molecular weight is 407 g/mol. The fourth-order valence-electron chi connectivity index (χ4n) is 4.04. The molecule has 2 amide bonds. The van der Waals surface area contributed by atoms with Gasteiger partial charge in [0.25, 0.3) is 0 Å². The van der Waals surface area contributed by atoms with Crippen LogP contribution in [-0.4, -0.2) is 25.9 Å². The minimum Gasteiger partial charge on any atom is -0.349 e. The summed E-state index contributed by atoms with van der Waals surface area (Å²) < 4.78 is 2.93. The first kappa shape index (κ1) is 19.9. The molecule has 4 rings (SSSR count). The number of carbonyl (C=O) groups is 2. The van der Waals surface area contributed by atoms with Crippen molar-refractivity contribution in [2.75, 3.05) is 5.32 Å². The van der Waals surface area contributed by atoms with Crippen molar-refractivity contribution in [2.24, 2.45) is 14.1 Å². The predicted octanol–water partition coefficient (Wildman–Crippen LogP) is 2.18. The van der Waals surface area contributed by atoms with E-state index in [4.69, 9.17) is 0 Å². The van der Waals surface area contributed by atoms with E-state index in [1.807, 2.05) is 12.1 Å². The zero-order chi connectivity index (χ0) is 21.3. The molecule has 2 N–H and O–H groups in total. The standard InChI is InChI=1S/C22H25N5O3/c1-26-17-10-11-18(25-21(17)27(2)22(26)30)24-20(29)13-12-19(28)23-16-9-5-7-14-6-3-4-8-15(14)16/h3-4,6,8,10-11,16H,5,7,9,12-13H2,1-2H3,(H,23,28)(H,24,25,29). The van der Waals surface area contributed by atoms with Gasteiger partial charge >= 0.3 is 5.69 Å². The highest BCUT2D eigenvalue weighted by Gasteiger charge is 2.21. The molecule has 30 heavy (non-hydrogen) atoms. The van der Waals surface area contributed by atoms with Crippen molar-refractivity contribution in [3.63, 3.8) is 0 Å². The Morgan fingerprint density at radius 2 is 1.83 bits per heavy atom. The van der Waals surface area contributed by atoms with Crippen LogP contribution in [0.25, 0.3) is 11.2 Å². The van der Waals surface area contributed by atoms with Gasteiger partial charge in [-0.25, -0.2) is 9.78 Å². The molecule has 2 aromatic heterocycles. The van der Waals surface area contributed by atoms with Crippen molar-refractivity contribution < 1.29 is 9.59 Å². The van der Waals surface area contributed by atoms with E-state index in [9.17, 15) is 14.4 Å². The monoisotopic (exact) mass is 407 g/mol. The molecule has 1 aliphatic carbocycles. The number of amides is 2. The fraction of sp³-hybridized carbons (Fsp3) is 0.364. The summed E-state index contributed by atoms with van der Waals surface area (Å²) in [5, 5.41) is 5.77. The van der Waals surface area contributed by atoms with E-state index in [-0.39, 0.29) is 36.4 Å². The summed E-state index contributed by atoms with van der Waals surface area (Å²) in [6, 6.07) is 11.6. The summed E-state index contributed by atoms with van der Waals surface area (Å²) in [5.41, 5.74) is 3.46. The van der Waals surface area contributed by atoms with Gasteiger partial charge in [0, 0.05) is 26.9 Å². The van der Waals surface area contributed by atoms with Gasteiger partial charge in [0.15, 0.2) is 5.65 Å². The Kier molecular flexibility index (Phi) is 5.39. The molecule has 0 fully saturated rings. The second kappa shape index (κ2) is 8.14. The lowest BCUT2D eigenvalue weighted by molar-refractivity contribution is -0.125. The third kappa shape index (κ3) is 3.85. The molecule has 0 radical (unpaired) electrons. The van der Waals surface area contributed by atoms with Gasteiger partial charge in [-0.2, -0.15) is 0 Å². The van der Waals surface area contributed by atoms with Crippen molar-refractivity contribution in [3.05, 3.63) is 58.0 Å². The van der Waals surface area contributed by atoms with Gasteiger partial charge in [-0.15, -0.1) is 0 Å². The van der Waals surface area contributed by atoms with E-state index in [2.05, 4.69) is 27.8 Å². The zero-order valence-electron chi connectivity index (χ0n) is 17.1. The van der Waals surface area contributed by atoms with Crippen LogP contribution < -0.4 is 16.3 Å². The maximum absolute atomic E-state index is 12.4. The normalized spacial score (nSPS) is 15.6. The van der Waals surface area contributed by atoms with Crippen LogP contribution in [0.15, 0.2) is 41.2 Å². The fourth-order valence-corrected chi connectivity index (χ4v) is 4.04. The van der Waals surface area contributed by atoms with Crippen LogP contribution >= 0.6 is 0 Å². The van der Waals surface area contributed by atoms with Crippen molar-refractivity contribution in [1.82, 2.24) is 19.4 Å². The largest absolute Gasteiger partial charge is 0.349 e. The molecule has 0 aliphatic heterocycles. The Labute approximate surface area is 173 Å². The number of hydrogen-bond acceptors (Lipinski definition) is 4. The van der Waals surface area contributed by atoms with Crippen molar-refractivity contribution in [3.8, 4) is 0 Å². The van der Waals surface area contributed by atoms with Crippen molar-refractivity contribution in [2.45, 2.75) is 38.1 Å². The smallest absolute Gasteiger partial charge is 0.329 e. The van der Waals surface area contributed by atoms with Crippen LogP contribution in [0.2, 0.25) is 0 Å². The SMILES string of the molecule is Cn1c(=O)n(C)c2nc(NC(=O)CCC(=O)NC3CCCc4ccccc43)ccc21. The number of pyridine rings is 1. The number of fused-ring (bicyclic) bond motifs is 2. The highest BCUT2D eigenvalue weighted by molar-refractivity contribution is 5.93. The van der Waals surface area contributed by atoms with Crippen LogP contribution in [0.5, 0.6) is 0 Å². The number of carbonyl (C=O) groups excluding carboxylic acids is 2. The van der Waals surface area contributed by atoms with E-state index in [0.29, 0.717) is 17.0 Å². The van der Waals surface area contributed by atoms with Crippen LogP contribution in [0.1, 0.15) is 42.9 Å². The second-order valence-corrected chi connectivity index (χ2v) is 7.70. The maximum atomic E-state index is 12.4. The van der Waals surface area contributed by atoms with E-state index in [1.165, 1.54) is 20.3 Å². The first-order valence-corrected chi connectivity index (χ1v) is 10.1. The molecule has 1 unspecified atom stereocenters. The van der Waals surface area contributed by atoms with Crippen molar-refractivity contribution >= 4 is 28.8 Å². The number of benzene rings is 1. The van der Waals surface area contributed by atoms with Gasteiger partial charge < -0.3 is 10.6 Å². The van der Waals surface area contributed by atoms with Crippen LogP contribution in [0.3, 0.4) is 0 Å². The van der Waals surface area contributed by atoms with Crippen LogP contribution in [0, 0.1) is 0 Å². The quantitative estimate of drug-likeness (QED) is 0.677. The summed E-state index contributed by atoms with van der Waals surface area (Å²) in [5.74, 6) is -0.0713. The predicted molar refractivity (Wildman–Crippen MR) is 114 cm³/mol. The first-order chi connectivity index (χ1) is 14.4. The Morgan fingerprint density at radius 3 is 2.67 bits per heavy atom. The molecule has 156 valence electrons. The van der Waals surface area contributed by atoms with Crippen LogP contribution in [0.4, 0.5) is 5.82 Å². The molecule has 0 spiro atoms. The van der Waals surface area contributed by atoms with E-state index >= 15 is 0 Å². The minimum absolute atomic E-state index is 0.00829. The minimum atomic E-state index is -0.290. The van der Waals surface area contributed by atoms with Gasteiger partial charge in [-0.3, -0.25) is 18.7 Å². The molecule has 8 heteroatoms. The number of nitrogens with one attached hydrogen (secondary N) is 2. The number of nitrogens with zero attached hydrogens (tertiary/aromatic N) is 3. The molecule has 1 aromatic carbocycles. The number of anilines is 1. The number of rotatable bonds is 5. The molecular weight excluding hydrogens is 382 g/mol. The van der Waals surface area contributed by atoms with Crippen LogP contribution in [-0.2, 0) is 30.1 Å². The molecule has 0 saturated heterocycles. The molecule has 2 heterocycles. The summed E-state index contributed by atoms with van der Waals surface area (Å²) in [6.07, 6.45) is 3.16. The van der Waals surface area contributed by atoms with Gasteiger partial charge in [-0.1, -0.05) is 24.3 Å². The molecule has 0 saturated carbocycles. The first-order valence-electron chi connectivity index (χ1n) is 10.1. The lowest BCUT2D eigenvalue weighted by Crippen LogP contribution is -2.31. The Balaban J connectivity index is 1.34. The zero-order valence-corrected chi connectivity index (χ0v) is 17.1. The highest BCUT2D eigenvalue weighted by Crippen LogP contribution is 2.29. The van der Waals surface area contributed by atoms with E-state index in [1.54, 1.807) is 26.2 Å². The lowest BCUT2D eigenvalue weighted by atomic mass is 9.87. The van der Waals surface area contributed by atoms with Gasteiger partial charge in [0.05, 0.1) is 11.6 Å². The van der Waals surface area contributed by atoms with E-state index < -0.39 is 0 Å². The number of imidazole rings is 1.